The number of carbonyl (C=O) groups excluding carboxylic acids is 1. The molecule has 0 aromatic heterocycles. The molecule has 0 aliphatic carbocycles. The van der Waals surface area contributed by atoms with E-state index in [4.69, 9.17) is 0 Å². The molecule has 164 valence electrons. The number of fused-ring (bicyclic) bond motifs is 1. The molecule has 2 heterocycles. The van der Waals surface area contributed by atoms with Crippen LogP contribution in [0.2, 0.25) is 0 Å². The molecule has 0 radical (unpaired) electrons. The molecule has 0 unspecified atom stereocenters. The molecule has 1 saturated heterocycles. The Morgan fingerprint density at radius 3 is 2.55 bits per heavy atom. The molecule has 0 saturated carbocycles. The Balaban J connectivity index is 1.44. The standard InChI is InChI=1S/C22H27N5O3S/c1-16(24-21-18-8-4-6-10-20(18)31(29,30)25-21)22(28)23-15-17-7-3-5-9-19(17)27-13-11-26(2)12-14-27/h3-10,16H,11-15H2,1-2H3,(H,23,28)(H,24,25)/t16-/m0/s1. The summed E-state index contributed by atoms with van der Waals surface area (Å²) >= 11 is 0. The minimum Gasteiger partial charge on any atom is -0.369 e. The van der Waals surface area contributed by atoms with E-state index in [-0.39, 0.29) is 16.6 Å². The van der Waals surface area contributed by atoms with E-state index in [2.05, 4.69) is 37.9 Å². The zero-order valence-electron chi connectivity index (χ0n) is 17.7. The smallest absolute Gasteiger partial charge is 0.263 e. The number of para-hydroxylation sites is 1. The van der Waals surface area contributed by atoms with Gasteiger partial charge in [-0.1, -0.05) is 30.3 Å². The number of rotatable bonds is 5. The van der Waals surface area contributed by atoms with E-state index in [0.29, 0.717) is 12.1 Å². The lowest BCUT2D eigenvalue weighted by Gasteiger charge is -2.35. The molecule has 2 aromatic carbocycles. The topological polar surface area (TPSA) is 94.1 Å². The van der Waals surface area contributed by atoms with E-state index >= 15 is 0 Å². The molecule has 31 heavy (non-hydrogen) atoms. The van der Waals surface area contributed by atoms with E-state index in [1.54, 1.807) is 25.1 Å². The van der Waals surface area contributed by atoms with Crippen molar-refractivity contribution in [1.82, 2.24) is 14.9 Å². The average Bonchev–Trinajstić information content (AvgIpc) is 3.03. The van der Waals surface area contributed by atoms with Crippen molar-refractivity contribution in [1.29, 1.82) is 0 Å². The van der Waals surface area contributed by atoms with E-state index < -0.39 is 16.1 Å². The Bertz CT molecular complexity index is 1110. The molecular weight excluding hydrogens is 414 g/mol. The minimum atomic E-state index is -3.62. The molecule has 2 aromatic rings. The number of carbonyl (C=O) groups is 1. The second-order valence-electron chi connectivity index (χ2n) is 7.89. The first-order valence-electron chi connectivity index (χ1n) is 10.3. The largest absolute Gasteiger partial charge is 0.369 e. The second-order valence-corrected chi connectivity index (χ2v) is 9.54. The van der Waals surface area contributed by atoms with Crippen LogP contribution in [0.4, 0.5) is 5.69 Å². The number of nitrogens with one attached hydrogen (secondary N) is 2. The summed E-state index contributed by atoms with van der Waals surface area (Å²) in [6.07, 6.45) is 0. The molecule has 2 N–H and O–H groups in total. The highest BCUT2D eigenvalue weighted by atomic mass is 32.2. The molecule has 4 rings (SSSR count). The van der Waals surface area contributed by atoms with Gasteiger partial charge in [0.2, 0.25) is 5.91 Å². The number of likely N-dealkylation sites (N-methyl/N-ethyl adjacent to an activating group) is 1. The van der Waals surface area contributed by atoms with Crippen molar-refractivity contribution >= 4 is 27.5 Å². The Hall–Kier alpha value is -2.91. The minimum absolute atomic E-state index is 0.183. The summed E-state index contributed by atoms with van der Waals surface area (Å²) in [7, 11) is -1.50. The number of nitrogens with zero attached hydrogens (tertiary/aromatic N) is 3. The number of aliphatic imine (C=N–C) groups is 1. The van der Waals surface area contributed by atoms with Gasteiger partial charge in [0.25, 0.3) is 10.0 Å². The van der Waals surface area contributed by atoms with Crippen molar-refractivity contribution in [2.24, 2.45) is 4.99 Å². The van der Waals surface area contributed by atoms with Crippen molar-refractivity contribution in [3.8, 4) is 0 Å². The summed E-state index contributed by atoms with van der Waals surface area (Å²) in [5.74, 6) is -0.0552. The van der Waals surface area contributed by atoms with Gasteiger partial charge in [-0.15, -0.1) is 0 Å². The zero-order chi connectivity index (χ0) is 22.0. The highest BCUT2D eigenvalue weighted by molar-refractivity contribution is 7.90. The van der Waals surface area contributed by atoms with Crippen LogP contribution in [0.3, 0.4) is 0 Å². The van der Waals surface area contributed by atoms with E-state index in [1.807, 2.05) is 18.2 Å². The zero-order valence-corrected chi connectivity index (χ0v) is 18.5. The van der Waals surface area contributed by atoms with Crippen LogP contribution in [0.15, 0.2) is 58.4 Å². The number of amidine groups is 1. The summed E-state index contributed by atoms with van der Waals surface area (Å²) in [5, 5.41) is 2.95. The number of amides is 1. The van der Waals surface area contributed by atoms with Gasteiger partial charge in [-0.25, -0.2) is 8.42 Å². The molecule has 1 amide bonds. The maximum absolute atomic E-state index is 12.7. The fraction of sp³-hybridized carbons (Fsp3) is 0.364. The van der Waals surface area contributed by atoms with Crippen molar-refractivity contribution in [2.75, 3.05) is 38.1 Å². The van der Waals surface area contributed by atoms with E-state index in [1.165, 1.54) is 6.07 Å². The van der Waals surface area contributed by atoms with Crippen LogP contribution in [-0.4, -0.2) is 64.3 Å². The van der Waals surface area contributed by atoms with E-state index in [0.717, 1.165) is 37.4 Å². The van der Waals surface area contributed by atoms with Crippen molar-refractivity contribution < 1.29 is 13.2 Å². The molecule has 2 aliphatic heterocycles. The van der Waals surface area contributed by atoms with Gasteiger partial charge in [-0.05, 0) is 37.7 Å². The third-order valence-corrected chi connectivity index (χ3v) is 7.05. The Labute approximate surface area is 183 Å². The van der Waals surface area contributed by atoms with Crippen LogP contribution in [0.5, 0.6) is 0 Å². The molecule has 0 bridgehead atoms. The molecular formula is C22H27N5O3S. The number of hydrogen-bond donors (Lipinski definition) is 2. The van der Waals surface area contributed by atoms with Crippen molar-refractivity contribution in [3.63, 3.8) is 0 Å². The number of piperazine rings is 1. The van der Waals surface area contributed by atoms with Crippen LogP contribution in [0.25, 0.3) is 0 Å². The Kier molecular flexibility index (Phi) is 5.97. The third-order valence-electron chi connectivity index (χ3n) is 5.65. The lowest BCUT2D eigenvalue weighted by molar-refractivity contribution is -0.122. The van der Waals surface area contributed by atoms with Crippen molar-refractivity contribution in [3.05, 3.63) is 59.7 Å². The fourth-order valence-electron chi connectivity index (χ4n) is 3.83. The maximum atomic E-state index is 12.7. The molecule has 9 heteroatoms. The average molecular weight is 442 g/mol. The van der Waals surface area contributed by atoms with Crippen molar-refractivity contribution in [2.45, 2.75) is 24.4 Å². The summed E-state index contributed by atoms with van der Waals surface area (Å²) in [6, 6.07) is 14.0. The monoisotopic (exact) mass is 441 g/mol. The van der Waals surface area contributed by atoms with Gasteiger partial charge in [0.15, 0.2) is 0 Å². The second kappa shape index (κ2) is 8.68. The SMILES string of the molecule is C[C@H](N=C1NS(=O)(=O)c2ccccc21)C(=O)NCc1ccccc1N1CCN(C)CC1. The molecule has 8 nitrogen and oxygen atoms in total. The molecule has 1 fully saturated rings. The quantitative estimate of drug-likeness (QED) is 0.727. The van der Waals surface area contributed by atoms with Crippen LogP contribution < -0.4 is 14.9 Å². The number of benzene rings is 2. The first kappa shape index (κ1) is 21.3. The molecule has 2 aliphatic rings. The molecule has 1 atom stereocenters. The summed E-state index contributed by atoms with van der Waals surface area (Å²) < 4.78 is 26.9. The first-order chi connectivity index (χ1) is 14.8. The van der Waals surface area contributed by atoms with Gasteiger partial charge in [0, 0.05) is 44.0 Å². The summed E-state index contributed by atoms with van der Waals surface area (Å²) in [6.45, 7) is 5.96. The van der Waals surface area contributed by atoms with Gasteiger partial charge in [0.05, 0.1) is 4.90 Å². The first-order valence-corrected chi connectivity index (χ1v) is 11.8. The third kappa shape index (κ3) is 4.57. The van der Waals surface area contributed by atoms with Crippen LogP contribution in [0, 0.1) is 0 Å². The predicted octanol–water partition coefficient (Wildman–Crippen LogP) is 1.18. The highest BCUT2D eigenvalue weighted by Crippen LogP contribution is 2.23. The van der Waals surface area contributed by atoms with Gasteiger partial charge >= 0.3 is 0 Å². The van der Waals surface area contributed by atoms with Gasteiger partial charge in [-0.3, -0.25) is 14.5 Å². The maximum Gasteiger partial charge on any atom is 0.263 e. The normalized spacial score (nSPS) is 20.2. The van der Waals surface area contributed by atoms with E-state index in [9.17, 15) is 13.2 Å². The van der Waals surface area contributed by atoms with Crippen LogP contribution in [0.1, 0.15) is 18.1 Å². The number of sulfonamides is 1. The lowest BCUT2D eigenvalue weighted by Crippen LogP contribution is -2.45. The fourth-order valence-corrected chi connectivity index (χ4v) is 5.07. The summed E-state index contributed by atoms with van der Waals surface area (Å²) in [4.78, 5) is 21.9. The van der Waals surface area contributed by atoms with Gasteiger partial charge in [0.1, 0.15) is 11.9 Å². The van der Waals surface area contributed by atoms with Crippen LogP contribution in [-0.2, 0) is 21.4 Å². The molecule has 0 spiro atoms. The summed E-state index contributed by atoms with van der Waals surface area (Å²) in [5.41, 5.74) is 2.67. The lowest BCUT2D eigenvalue weighted by atomic mass is 10.1. The van der Waals surface area contributed by atoms with Crippen LogP contribution >= 0.6 is 0 Å². The Morgan fingerprint density at radius 2 is 1.77 bits per heavy atom. The number of anilines is 1. The van der Waals surface area contributed by atoms with Gasteiger partial charge in [-0.2, -0.15) is 0 Å². The Morgan fingerprint density at radius 1 is 1.10 bits per heavy atom. The number of hydrogen-bond acceptors (Lipinski definition) is 6. The highest BCUT2D eigenvalue weighted by Gasteiger charge is 2.31. The van der Waals surface area contributed by atoms with Gasteiger partial charge < -0.3 is 15.1 Å². The predicted molar refractivity (Wildman–Crippen MR) is 121 cm³/mol.